The van der Waals surface area contributed by atoms with Crippen molar-refractivity contribution in [2.75, 3.05) is 13.1 Å². The molecule has 1 heterocycles. The largest absolute Gasteiger partial charge is 0.389 e. The van der Waals surface area contributed by atoms with Gasteiger partial charge < -0.3 is 10.0 Å². The van der Waals surface area contributed by atoms with Gasteiger partial charge in [0, 0.05) is 19.0 Å². The highest BCUT2D eigenvalue weighted by Gasteiger charge is 2.37. The van der Waals surface area contributed by atoms with Crippen molar-refractivity contribution in [2.45, 2.75) is 32.3 Å². The fourth-order valence-electron chi connectivity index (χ4n) is 2.38. The molecule has 2 rings (SSSR count). The molecule has 2 unspecified atom stereocenters. The molecule has 1 saturated carbocycles. The van der Waals surface area contributed by atoms with Crippen molar-refractivity contribution in [3.8, 4) is 0 Å². The first-order chi connectivity index (χ1) is 6.18. The minimum atomic E-state index is -0.263. The summed E-state index contributed by atoms with van der Waals surface area (Å²) in [6, 6.07) is 0. The highest BCUT2D eigenvalue weighted by molar-refractivity contribution is 5.80. The number of hydrogen-bond acceptors (Lipinski definition) is 2. The van der Waals surface area contributed by atoms with Crippen molar-refractivity contribution < 1.29 is 9.90 Å². The number of carbonyl (C=O) groups excluding carboxylic acids is 1. The average Bonchev–Trinajstić information content (AvgIpc) is 2.44. The van der Waals surface area contributed by atoms with Gasteiger partial charge in [-0.2, -0.15) is 0 Å². The maximum atomic E-state index is 11.8. The Labute approximate surface area is 78.7 Å². The Bertz CT molecular complexity index is 211. The number of hydrogen-bond donors (Lipinski definition) is 1. The minimum Gasteiger partial charge on any atom is -0.389 e. The van der Waals surface area contributed by atoms with Gasteiger partial charge in [-0.3, -0.25) is 4.79 Å². The summed E-state index contributed by atoms with van der Waals surface area (Å²) >= 11 is 0. The van der Waals surface area contributed by atoms with Gasteiger partial charge in [0.2, 0.25) is 5.91 Å². The first kappa shape index (κ1) is 9.00. The third-order valence-corrected chi connectivity index (χ3v) is 3.35. The summed E-state index contributed by atoms with van der Waals surface area (Å²) in [5.41, 5.74) is 0. The average molecular weight is 183 g/mol. The van der Waals surface area contributed by atoms with E-state index >= 15 is 0 Å². The van der Waals surface area contributed by atoms with Gasteiger partial charge in [-0.1, -0.05) is 13.3 Å². The van der Waals surface area contributed by atoms with Crippen molar-refractivity contribution in [2.24, 2.45) is 11.8 Å². The van der Waals surface area contributed by atoms with Crippen LogP contribution >= 0.6 is 0 Å². The Hall–Kier alpha value is -0.570. The molecule has 2 fully saturated rings. The Morgan fingerprint density at radius 1 is 1.38 bits per heavy atom. The lowest BCUT2D eigenvalue weighted by atomic mass is 9.95. The molecular weight excluding hydrogens is 166 g/mol. The van der Waals surface area contributed by atoms with Crippen LogP contribution in [-0.2, 0) is 4.79 Å². The molecule has 1 N–H and O–H groups in total. The lowest BCUT2D eigenvalue weighted by Gasteiger charge is -2.38. The summed E-state index contributed by atoms with van der Waals surface area (Å²) in [5.74, 6) is 1.06. The van der Waals surface area contributed by atoms with E-state index in [0.29, 0.717) is 19.0 Å². The molecule has 1 amide bonds. The van der Waals surface area contributed by atoms with E-state index in [1.54, 1.807) is 4.90 Å². The molecule has 0 aromatic heterocycles. The zero-order valence-corrected chi connectivity index (χ0v) is 8.07. The molecule has 2 atom stereocenters. The first-order valence-corrected chi connectivity index (χ1v) is 5.15. The van der Waals surface area contributed by atoms with Crippen molar-refractivity contribution in [3.05, 3.63) is 0 Å². The molecule has 0 spiro atoms. The number of carbonyl (C=O) groups is 1. The van der Waals surface area contributed by atoms with Crippen LogP contribution in [-0.4, -0.2) is 35.1 Å². The Morgan fingerprint density at radius 3 is 2.54 bits per heavy atom. The van der Waals surface area contributed by atoms with Gasteiger partial charge in [0.25, 0.3) is 0 Å². The summed E-state index contributed by atoms with van der Waals surface area (Å²) in [6.45, 7) is 3.27. The van der Waals surface area contributed by atoms with Crippen LogP contribution in [0.4, 0.5) is 0 Å². The maximum Gasteiger partial charge on any atom is 0.226 e. The number of amides is 1. The van der Waals surface area contributed by atoms with Crippen molar-refractivity contribution in [1.82, 2.24) is 4.90 Å². The Morgan fingerprint density at radius 2 is 2.08 bits per heavy atom. The molecule has 1 saturated heterocycles. The second-order valence-electron chi connectivity index (χ2n) is 4.41. The van der Waals surface area contributed by atoms with E-state index in [4.69, 9.17) is 5.11 Å². The number of likely N-dealkylation sites (tertiary alicyclic amines) is 1. The Kier molecular flexibility index (Phi) is 2.28. The molecule has 3 heteroatoms. The molecule has 0 aromatic rings. The summed E-state index contributed by atoms with van der Waals surface area (Å²) in [7, 11) is 0. The van der Waals surface area contributed by atoms with E-state index in [1.165, 1.54) is 12.8 Å². The lowest BCUT2D eigenvalue weighted by molar-refractivity contribution is -0.146. The molecule has 0 aromatic carbocycles. The number of aliphatic hydroxyl groups is 1. The van der Waals surface area contributed by atoms with E-state index in [2.05, 4.69) is 6.92 Å². The predicted molar refractivity (Wildman–Crippen MR) is 49.1 cm³/mol. The van der Waals surface area contributed by atoms with Crippen LogP contribution in [0.1, 0.15) is 26.2 Å². The van der Waals surface area contributed by atoms with E-state index < -0.39 is 0 Å². The number of aliphatic hydroxyl groups excluding tert-OH is 1. The topological polar surface area (TPSA) is 40.5 Å². The molecule has 2 aliphatic rings. The van der Waals surface area contributed by atoms with Gasteiger partial charge in [-0.25, -0.2) is 0 Å². The molecular formula is C10H17NO2. The van der Waals surface area contributed by atoms with Gasteiger partial charge in [0.15, 0.2) is 0 Å². The molecule has 0 radical (unpaired) electrons. The van der Waals surface area contributed by atoms with E-state index in [0.717, 1.165) is 6.42 Å². The van der Waals surface area contributed by atoms with Gasteiger partial charge in [-0.15, -0.1) is 0 Å². The van der Waals surface area contributed by atoms with Crippen molar-refractivity contribution >= 4 is 5.91 Å². The molecule has 1 aliphatic carbocycles. The van der Waals surface area contributed by atoms with Crippen LogP contribution in [0.3, 0.4) is 0 Å². The standard InChI is InChI=1S/C10H17NO2/c1-7-3-2-4-9(7)10(13)11-5-8(12)6-11/h7-9,12H,2-6H2,1H3. The smallest absolute Gasteiger partial charge is 0.226 e. The second-order valence-corrected chi connectivity index (χ2v) is 4.41. The SMILES string of the molecule is CC1CCCC1C(=O)N1CC(O)C1. The zero-order chi connectivity index (χ0) is 9.42. The van der Waals surface area contributed by atoms with E-state index in [1.807, 2.05) is 0 Å². The van der Waals surface area contributed by atoms with Crippen molar-refractivity contribution in [3.63, 3.8) is 0 Å². The Balaban J connectivity index is 1.89. The summed E-state index contributed by atoms with van der Waals surface area (Å²) in [4.78, 5) is 13.6. The molecule has 0 bridgehead atoms. The highest BCUT2D eigenvalue weighted by Crippen LogP contribution is 2.33. The summed E-state index contributed by atoms with van der Waals surface area (Å²) in [6.07, 6.45) is 3.16. The van der Waals surface area contributed by atoms with Gasteiger partial charge >= 0.3 is 0 Å². The number of rotatable bonds is 1. The molecule has 3 nitrogen and oxygen atoms in total. The molecule has 13 heavy (non-hydrogen) atoms. The van der Waals surface area contributed by atoms with Crippen LogP contribution in [0.2, 0.25) is 0 Å². The molecule has 74 valence electrons. The van der Waals surface area contributed by atoms with E-state index in [9.17, 15) is 4.79 Å². The fraction of sp³-hybridized carbons (Fsp3) is 0.900. The quantitative estimate of drug-likeness (QED) is 0.647. The van der Waals surface area contributed by atoms with Crippen LogP contribution < -0.4 is 0 Å². The van der Waals surface area contributed by atoms with Crippen LogP contribution in [0, 0.1) is 11.8 Å². The second kappa shape index (κ2) is 3.29. The van der Waals surface area contributed by atoms with Crippen LogP contribution in [0.15, 0.2) is 0 Å². The first-order valence-electron chi connectivity index (χ1n) is 5.15. The fourth-order valence-corrected chi connectivity index (χ4v) is 2.38. The minimum absolute atomic E-state index is 0.243. The van der Waals surface area contributed by atoms with E-state index in [-0.39, 0.29) is 17.9 Å². The maximum absolute atomic E-state index is 11.8. The number of nitrogens with zero attached hydrogens (tertiary/aromatic N) is 1. The highest BCUT2D eigenvalue weighted by atomic mass is 16.3. The zero-order valence-electron chi connectivity index (χ0n) is 8.07. The molecule has 1 aliphatic heterocycles. The van der Waals surface area contributed by atoms with Crippen molar-refractivity contribution in [1.29, 1.82) is 0 Å². The predicted octanol–water partition coefficient (Wildman–Crippen LogP) is 0.626. The summed E-state index contributed by atoms with van der Waals surface area (Å²) in [5, 5.41) is 9.08. The van der Waals surface area contributed by atoms with Crippen LogP contribution in [0.25, 0.3) is 0 Å². The third kappa shape index (κ3) is 1.57. The third-order valence-electron chi connectivity index (χ3n) is 3.35. The van der Waals surface area contributed by atoms with Gasteiger partial charge in [-0.05, 0) is 18.8 Å². The van der Waals surface area contributed by atoms with Gasteiger partial charge in [0.1, 0.15) is 0 Å². The number of β-amino-alcohol motifs (C(OH)–C–C–N with tert-alkyl or cyclic N) is 1. The lowest BCUT2D eigenvalue weighted by Crippen LogP contribution is -2.55. The van der Waals surface area contributed by atoms with Gasteiger partial charge in [0.05, 0.1) is 6.10 Å². The normalized spacial score (nSPS) is 34.8. The summed E-state index contributed by atoms with van der Waals surface area (Å²) < 4.78 is 0. The monoisotopic (exact) mass is 183 g/mol. The van der Waals surface area contributed by atoms with Crippen LogP contribution in [0.5, 0.6) is 0 Å².